The topological polar surface area (TPSA) is 26.0 Å². The second-order valence-electron chi connectivity index (χ2n) is 15.1. The summed E-state index contributed by atoms with van der Waals surface area (Å²) >= 11 is 0. The summed E-state index contributed by atoms with van der Waals surface area (Å²) < 4.78 is 0. The van der Waals surface area contributed by atoms with Crippen LogP contribution in [0.25, 0.3) is 0 Å². The molecule has 2 N–H and O–H groups in total. The molecule has 5 aliphatic rings. The molecule has 178 valence electrons. The lowest BCUT2D eigenvalue weighted by molar-refractivity contribution is -0.237. The molecule has 5 fully saturated rings. The van der Waals surface area contributed by atoms with E-state index in [1.807, 2.05) is 0 Å². The maximum atomic E-state index is 7.25. The molecule has 0 spiro atoms. The van der Waals surface area contributed by atoms with Crippen molar-refractivity contribution in [2.45, 2.75) is 125 Å². The molecule has 1 heteroatoms. The molecule has 0 aliphatic heterocycles. The molecule has 2 unspecified atom stereocenters. The highest BCUT2D eigenvalue weighted by Crippen LogP contribution is 2.76. The highest BCUT2D eigenvalue weighted by atomic mass is 14.9. The van der Waals surface area contributed by atoms with Gasteiger partial charge in [0.25, 0.3) is 0 Å². The van der Waals surface area contributed by atoms with Crippen molar-refractivity contribution in [1.29, 1.82) is 0 Å². The smallest absolute Gasteiger partial charge is 0.0188 e. The minimum atomic E-state index is 0.145. The Balaban J connectivity index is 1.54. The highest BCUT2D eigenvalue weighted by Gasteiger charge is 2.70. The van der Waals surface area contributed by atoms with E-state index in [0.717, 1.165) is 41.4 Å². The summed E-state index contributed by atoms with van der Waals surface area (Å²) in [6, 6.07) is 0. The number of hydrogen-bond donors (Lipinski definition) is 1. The third-order valence-corrected chi connectivity index (χ3v) is 14.0. The highest BCUT2D eigenvalue weighted by molar-refractivity contribution is 5.20. The molecule has 0 heterocycles. The van der Waals surface area contributed by atoms with Crippen LogP contribution in [0.1, 0.15) is 120 Å². The van der Waals surface area contributed by atoms with Gasteiger partial charge in [-0.3, -0.25) is 0 Å². The molecule has 0 bridgehead atoms. The molecule has 0 radical (unpaired) electrons. The molecular formula is C30H53N. The van der Waals surface area contributed by atoms with E-state index in [2.05, 4.69) is 55.4 Å². The zero-order valence-corrected chi connectivity index (χ0v) is 22.2. The maximum absolute atomic E-state index is 7.25. The van der Waals surface area contributed by atoms with E-state index in [9.17, 15) is 0 Å². The van der Waals surface area contributed by atoms with Gasteiger partial charge in [0, 0.05) is 5.54 Å². The average Bonchev–Trinajstić information content (AvgIpc) is 3.04. The van der Waals surface area contributed by atoms with Crippen LogP contribution >= 0.6 is 0 Å². The van der Waals surface area contributed by atoms with Gasteiger partial charge in [-0.2, -0.15) is 0 Å². The van der Waals surface area contributed by atoms with Gasteiger partial charge < -0.3 is 5.73 Å². The van der Waals surface area contributed by atoms with Crippen LogP contribution in [0.2, 0.25) is 0 Å². The van der Waals surface area contributed by atoms with E-state index in [-0.39, 0.29) is 5.54 Å². The molecule has 0 saturated heterocycles. The van der Waals surface area contributed by atoms with E-state index in [4.69, 9.17) is 5.73 Å². The first-order valence-corrected chi connectivity index (χ1v) is 14.1. The normalized spacial score (nSPS) is 58.3. The zero-order valence-electron chi connectivity index (χ0n) is 22.2. The summed E-state index contributed by atoms with van der Waals surface area (Å²) in [5, 5.41) is 0. The number of hydrogen-bond acceptors (Lipinski definition) is 1. The fourth-order valence-corrected chi connectivity index (χ4v) is 11.6. The Bertz CT molecular complexity index is 724. The van der Waals surface area contributed by atoms with Crippen molar-refractivity contribution in [2.24, 2.45) is 68.8 Å². The standard InChI is InChI=1S/C30H53N/c1-19(2)21-12-16-30(31)18-17-28(7)22(25(21)30)9-10-24-27(6)14-11-20(3)26(4,5)23(27)13-15-29(24,28)8/h19-25H,9-18,31H2,1-8H3/t20?,21?,22-,23+,24-,25-,27+,28-,29-,30+/m1/s1. The van der Waals surface area contributed by atoms with Gasteiger partial charge in [-0.25, -0.2) is 0 Å². The van der Waals surface area contributed by atoms with E-state index in [0.29, 0.717) is 21.7 Å². The van der Waals surface area contributed by atoms with Crippen molar-refractivity contribution in [3.63, 3.8) is 0 Å². The van der Waals surface area contributed by atoms with Crippen LogP contribution in [0.15, 0.2) is 0 Å². The first kappa shape index (κ1) is 22.7. The van der Waals surface area contributed by atoms with Crippen molar-refractivity contribution in [1.82, 2.24) is 0 Å². The van der Waals surface area contributed by atoms with Gasteiger partial charge in [0.2, 0.25) is 0 Å². The minimum absolute atomic E-state index is 0.145. The summed E-state index contributed by atoms with van der Waals surface area (Å²) in [5.41, 5.74) is 9.43. The van der Waals surface area contributed by atoms with E-state index >= 15 is 0 Å². The molecule has 0 aromatic rings. The van der Waals surface area contributed by atoms with Crippen molar-refractivity contribution in [2.75, 3.05) is 0 Å². The summed E-state index contributed by atoms with van der Waals surface area (Å²) in [6.07, 6.45) is 14.2. The molecular weight excluding hydrogens is 374 g/mol. The van der Waals surface area contributed by atoms with Crippen LogP contribution in [0.5, 0.6) is 0 Å². The van der Waals surface area contributed by atoms with Crippen LogP contribution < -0.4 is 5.73 Å². The first-order valence-electron chi connectivity index (χ1n) is 14.1. The summed E-state index contributed by atoms with van der Waals surface area (Å²) in [7, 11) is 0. The molecule has 5 saturated carbocycles. The Hall–Kier alpha value is -0.0400. The van der Waals surface area contributed by atoms with E-state index in [1.165, 1.54) is 64.2 Å². The SMILES string of the molecule is CC(C)C1CC[C@]2(N)CC[C@]3(C)[C@H](CC[C@@H]4[C@@]5(C)CCC(C)C(C)(C)[C@@H]5CC[C@]43C)[C@@H]12. The zero-order chi connectivity index (χ0) is 22.6. The van der Waals surface area contributed by atoms with E-state index < -0.39 is 0 Å². The fraction of sp³-hybridized carbons (Fsp3) is 1.00. The minimum Gasteiger partial charge on any atom is -0.325 e. The molecule has 31 heavy (non-hydrogen) atoms. The maximum Gasteiger partial charge on any atom is 0.0188 e. The first-order chi connectivity index (χ1) is 14.3. The third kappa shape index (κ3) is 2.71. The Morgan fingerprint density at radius 3 is 2.10 bits per heavy atom. The summed E-state index contributed by atoms with van der Waals surface area (Å²) in [5.74, 6) is 5.98. The van der Waals surface area contributed by atoms with Crippen molar-refractivity contribution in [3.8, 4) is 0 Å². The number of nitrogens with two attached hydrogens (primary N) is 1. The molecule has 0 amide bonds. The quantitative estimate of drug-likeness (QED) is 0.450. The van der Waals surface area contributed by atoms with Crippen molar-refractivity contribution in [3.05, 3.63) is 0 Å². The lowest BCUT2D eigenvalue weighted by Gasteiger charge is -2.73. The Kier molecular flexibility index (Phi) is 4.96. The second-order valence-corrected chi connectivity index (χ2v) is 15.1. The van der Waals surface area contributed by atoms with Gasteiger partial charge in [0.1, 0.15) is 0 Å². The number of rotatable bonds is 1. The molecule has 0 aromatic carbocycles. The van der Waals surface area contributed by atoms with Crippen LogP contribution in [0, 0.1) is 63.1 Å². The molecule has 5 rings (SSSR count). The molecule has 0 aromatic heterocycles. The lowest BCUT2D eigenvalue weighted by atomic mass is 9.32. The van der Waals surface area contributed by atoms with Gasteiger partial charge in [-0.15, -0.1) is 0 Å². The molecule has 1 nitrogen and oxygen atoms in total. The summed E-state index contributed by atoms with van der Waals surface area (Å²) in [6.45, 7) is 21.0. The van der Waals surface area contributed by atoms with Gasteiger partial charge in [-0.05, 0) is 127 Å². The third-order valence-electron chi connectivity index (χ3n) is 14.0. The predicted molar refractivity (Wildman–Crippen MR) is 133 cm³/mol. The Labute approximate surface area is 194 Å². The van der Waals surface area contributed by atoms with Crippen molar-refractivity contribution >= 4 is 0 Å². The van der Waals surface area contributed by atoms with Gasteiger partial charge in [0.05, 0.1) is 0 Å². The van der Waals surface area contributed by atoms with Gasteiger partial charge in [-0.1, -0.05) is 55.4 Å². The summed E-state index contributed by atoms with van der Waals surface area (Å²) in [4.78, 5) is 0. The fourth-order valence-electron chi connectivity index (χ4n) is 11.6. The lowest BCUT2D eigenvalue weighted by Crippen LogP contribution is -2.68. The van der Waals surface area contributed by atoms with E-state index in [1.54, 1.807) is 0 Å². The van der Waals surface area contributed by atoms with Crippen LogP contribution in [-0.4, -0.2) is 5.54 Å². The largest absolute Gasteiger partial charge is 0.325 e. The van der Waals surface area contributed by atoms with Gasteiger partial charge in [0.15, 0.2) is 0 Å². The Morgan fingerprint density at radius 1 is 0.710 bits per heavy atom. The molecule has 5 aliphatic carbocycles. The average molecular weight is 428 g/mol. The van der Waals surface area contributed by atoms with Crippen LogP contribution in [0.4, 0.5) is 0 Å². The molecule has 10 atom stereocenters. The van der Waals surface area contributed by atoms with Crippen molar-refractivity contribution < 1.29 is 0 Å². The van der Waals surface area contributed by atoms with Crippen LogP contribution in [0.3, 0.4) is 0 Å². The number of fused-ring (bicyclic) bond motifs is 7. The monoisotopic (exact) mass is 427 g/mol. The predicted octanol–water partition coefficient (Wildman–Crippen LogP) is 8.07. The Morgan fingerprint density at radius 2 is 1.42 bits per heavy atom. The second kappa shape index (κ2) is 6.76. The van der Waals surface area contributed by atoms with Crippen LogP contribution in [-0.2, 0) is 0 Å². The van der Waals surface area contributed by atoms with Gasteiger partial charge >= 0.3 is 0 Å².